The first-order valence-corrected chi connectivity index (χ1v) is 9.51. The molecule has 2 unspecified atom stereocenters. The summed E-state index contributed by atoms with van der Waals surface area (Å²) in [5, 5.41) is 0. The molecule has 2 fully saturated rings. The van der Waals surface area contributed by atoms with Crippen molar-refractivity contribution in [1.29, 1.82) is 0 Å². The van der Waals surface area contributed by atoms with E-state index in [9.17, 15) is 0 Å². The molecule has 128 valence electrons. The van der Waals surface area contributed by atoms with Crippen LogP contribution in [0, 0.1) is 6.92 Å². The largest absolute Gasteiger partial charge is 0.486 e. The Balaban J connectivity index is 1.36. The maximum Gasteiger partial charge on any atom is 0.138 e. The minimum absolute atomic E-state index is 0.0303. The van der Waals surface area contributed by atoms with Crippen molar-refractivity contribution in [3.63, 3.8) is 0 Å². The van der Waals surface area contributed by atoms with E-state index in [1.807, 2.05) is 23.5 Å². The predicted octanol–water partition coefficient (Wildman–Crippen LogP) is 3.65. The highest BCUT2D eigenvalue weighted by molar-refractivity contribution is 7.11. The Morgan fingerprint density at radius 2 is 2.38 bits per heavy atom. The van der Waals surface area contributed by atoms with Gasteiger partial charge in [0.15, 0.2) is 0 Å². The molecular weight excluding hydrogens is 320 g/mol. The predicted molar refractivity (Wildman–Crippen MR) is 95.5 cm³/mol. The number of aromatic nitrogens is 1. The number of thiophene rings is 1. The fourth-order valence-corrected chi connectivity index (χ4v) is 4.82. The summed E-state index contributed by atoms with van der Waals surface area (Å²) in [5.41, 5.74) is -0.0303. The van der Waals surface area contributed by atoms with Crippen LogP contribution in [0.5, 0.6) is 5.75 Å². The first-order valence-electron chi connectivity index (χ1n) is 8.69. The Bertz CT molecular complexity index is 675. The number of rotatable bonds is 4. The van der Waals surface area contributed by atoms with E-state index in [2.05, 4.69) is 28.9 Å². The van der Waals surface area contributed by atoms with Gasteiger partial charge >= 0.3 is 0 Å². The van der Waals surface area contributed by atoms with Crippen LogP contribution in [-0.4, -0.2) is 41.3 Å². The molecule has 1 spiro atoms. The van der Waals surface area contributed by atoms with Crippen LogP contribution in [0.15, 0.2) is 36.7 Å². The third kappa shape index (κ3) is 3.63. The van der Waals surface area contributed by atoms with Crippen LogP contribution in [0.25, 0.3) is 0 Å². The average Bonchev–Trinajstić information content (AvgIpc) is 3.15. The monoisotopic (exact) mass is 344 g/mol. The highest BCUT2D eigenvalue weighted by Gasteiger charge is 2.44. The van der Waals surface area contributed by atoms with Gasteiger partial charge in [-0.2, -0.15) is 0 Å². The third-order valence-electron chi connectivity index (χ3n) is 4.91. The van der Waals surface area contributed by atoms with Crippen LogP contribution < -0.4 is 4.74 Å². The quantitative estimate of drug-likeness (QED) is 0.848. The van der Waals surface area contributed by atoms with Crippen molar-refractivity contribution >= 4 is 11.3 Å². The summed E-state index contributed by atoms with van der Waals surface area (Å²) < 4.78 is 12.3. The van der Waals surface area contributed by atoms with Gasteiger partial charge in [-0.3, -0.25) is 9.88 Å². The molecule has 4 rings (SSSR count). The smallest absolute Gasteiger partial charge is 0.138 e. The highest BCUT2D eigenvalue weighted by atomic mass is 32.1. The van der Waals surface area contributed by atoms with Gasteiger partial charge in [0.2, 0.25) is 0 Å². The van der Waals surface area contributed by atoms with E-state index in [1.54, 1.807) is 12.4 Å². The third-order valence-corrected chi connectivity index (χ3v) is 5.89. The van der Waals surface area contributed by atoms with Crippen molar-refractivity contribution in [2.24, 2.45) is 0 Å². The van der Waals surface area contributed by atoms with Crippen LogP contribution in [-0.2, 0) is 11.3 Å². The molecule has 24 heavy (non-hydrogen) atoms. The van der Waals surface area contributed by atoms with E-state index in [4.69, 9.17) is 9.47 Å². The van der Waals surface area contributed by atoms with E-state index in [-0.39, 0.29) is 11.7 Å². The van der Waals surface area contributed by atoms with Gasteiger partial charge in [0.05, 0.1) is 18.4 Å². The van der Waals surface area contributed by atoms with E-state index < -0.39 is 0 Å². The second-order valence-corrected chi connectivity index (χ2v) is 8.33. The molecule has 0 aliphatic carbocycles. The standard InChI is InChI=1S/C19H24N2O2S/c1-15-5-6-18(24-15)12-21-9-3-7-19(14-21)10-17(13-22-19)23-16-4-2-8-20-11-16/h2,4-6,8,11,17H,3,7,9-10,12-14H2,1H3. The summed E-state index contributed by atoms with van der Waals surface area (Å²) in [7, 11) is 0. The molecule has 5 heteroatoms. The second kappa shape index (κ2) is 6.82. The van der Waals surface area contributed by atoms with E-state index in [1.165, 1.54) is 16.2 Å². The topological polar surface area (TPSA) is 34.6 Å². The number of hydrogen-bond acceptors (Lipinski definition) is 5. The van der Waals surface area contributed by atoms with Gasteiger partial charge in [-0.1, -0.05) is 0 Å². The molecule has 0 radical (unpaired) electrons. The number of likely N-dealkylation sites (tertiary alicyclic amines) is 1. The zero-order chi connectivity index (χ0) is 16.4. The Morgan fingerprint density at radius 3 is 3.17 bits per heavy atom. The van der Waals surface area contributed by atoms with Gasteiger partial charge < -0.3 is 9.47 Å². The molecule has 2 atom stereocenters. The maximum atomic E-state index is 6.26. The van der Waals surface area contributed by atoms with E-state index in [0.717, 1.165) is 38.2 Å². The normalized spacial score (nSPS) is 27.6. The van der Waals surface area contributed by atoms with Crippen LogP contribution in [0.4, 0.5) is 0 Å². The fourth-order valence-electron chi connectivity index (χ4n) is 3.89. The van der Waals surface area contributed by atoms with Crippen molar-refractivity contribution in [3.8, 4) is 5.75 Å². The van der Waals surface area contributed by atoms with Gasteiger partial charge in [0.1, 0.15) is 11.9 Å². The molecule has 0 aromatic carbocycles. The molecule has 2 saturated heterocycles. The van der Waals surface area contributed by atoms with Crippen molar-refractivity contribution in [3.05, 3.63) is 46.4 Å². The van der Waals surface area contributed by atoms with Gasteiger partial charge in [-0.05, 0) is 50.6 Å². The maximum absolute atomic E-state index is 6.26. The van der Waals surface area contributed by atoms with Crippen LogP contribution >= 0.6 is 11.3 Å². The Kier molecular flexibility index (Phi) is 4.57. The SMILES string of the molecule is Cc1ccc(CN2CCCC3(CC(Oc4cccnc4)CO3)C2)s1. The molecule has 2 aromatic heterocycles. The summed E-state index contributed by atoms with van der Waals surface area (Å²) in [4.78, 5) is 9.50. The first-order chi connectivity index (χ1) is 11.7. The molecule has 0 saturated carbocycles. The molecule has 2 aromatic rings. The molecule has 0 N–H and O–H groups in total. The Morgan fingerprint density at radius 1 is 1.42 bits per heavy atom. The summed E-state index contributed by atoms with van der Waals surface area (Å²) in [6.45, 7) is 6.07. The van der Waals surface area contributed by atoms with Crippen molar-refractivity contribution in [2.75, 3.05) is 19.7 Å². The first kappa shape index (κ1) is 16.1. The number of piperidine rings is 1. The van der Waals surface area contributed by atoms with Crippen molar-refractivity contribution < 1.29 is 9.47 Å². The summed E-state index contributed by atoms with van der Waals surface area (Å²) >= 11 is 1.90. The summed E-state index contributed by atoms with van der Waals surface area (Å²) in [6.07, 6.45) is 6.99. The van der Waals surface area contributed by atoms with Crippen LogP contribution in [0.3, 0.4) is 0 Å². The summed E-state index contributed by atoms with van der Waals surface area (Å²) in [5.74, 6) is 0.838. The Hall–Kier alpha value is -1.43. The number of aryl methyl sites for hydroxylation is 1. The van der Waals surface area contributed by atoms with Gasteiger partial charge in [0.25, 0.3) is 0 Å². The second-order valence-electron chi connectivity index (χ2n) is 6.95. The lowest BCUT2D eigenvalue weighted by Crippen LogP contribution is -2.47. The summed E-state index contributed by atoms with van der Waals surface area (Å²) in [6, 6.07) is 8.34. The molecule has 2 aliphatic rings. The van der Waals surface area contributed by atoms with E-state index >= 15 is 0 Å². The minimum Gasteiger partial charge on any atom is -0.486 e. The van der Waals surface area contributed by atoms with Crippen LogP contribution in [0.1, 0.15) is 29.0 Å². The number of hydrogen-bond donors (Lipinski definition) is 0. The van der Waals surface area contributed by atoms with Crippen LogP contribution in [0.2, 0.25) is 0 Å². The lowest BCUT2D eigenvalue weighted by atomic mass is 9.89. The molecule has 0 amide bonds. The van der Waals surface area contributed by atoms with Gasteiger partial charge in [0, 0.05) is 35.5 Å². The molecule has 4 heterocycles. The van der Waals surface area contributed by atoms with Crippen molar-refractivity contribution in [1.82, 2.24) is 9.88 Å². The molecular formula is C19H24N2O2S. The zero-order valence-corrected chi connectivity index (χ0v) is 14.9. The highest BCUT2D eigenvalue weighted by Crippen LogP contribution is 2.36. The number of pyridine rings is 1. The van der Waals surface area contributed by atoms with Gasteiger partial charge in [-0.25, -0.2) is 0 Å². The average molecular weight is 344 g/mol. The number of ether oxygens (including phenoxy) is 2. The van der Waals surface area contributed by atoms with Crippen molar-refractivity contribution in [2.45, 2.75) is 44.4 Å². The lowest BCUT2D eigenvalue weighted by molar-refractivity contribution is -0.0536. The Labute approximate surface area is 147 Å². The van der Waals surface area contributed by atoms with E-state index in [0.29, 0.717) is 6.61 Å². The zero-order valence-electron chi connectivity index (χ0n) is 14.1. The molecule has 0 bridgehead atoms. The lowest BCUT2D eigenvalue weighted by Gasteiger charge is -2.39. The fraction of sp³-hybridized carbons (Fsp3) is 0.526. The molecule has 4 nitrogen and oxygen atoms in total. The van der Waals surface area contributed by atoms with Gasteiger partial charge in [-0.15, -0.1) is 11.3 Å². The molecule has 2 aliphatic heterocycles. The number of nitrogens with zero attached hydrogens (tertiary/aromatic N) is 2. The minimum atomic E-state index is -0.0303.